The van der Waals surface area contributed by atoms with Crippen LogP contribution in [0.2, 0.25) is 0 Å². The quantitative estimate of drug-likeness (QED) is 0.654. The first-order valence-corrected chi connectivity index (χ1v) is 9.01. The minimum absolute atomic E-state index is 0.0756. The molecule has 0 unspecified atom stereocenters. The fourth-order valence-corrected chi connectivity index (χ4v) is 4.32. The Morgan fingerprint density at radius 3 is 2.54 bits per heavy atom. The first-order valence-electron chi connectivity index (χ1n) is 9.01. The number of nitrogens with zero attached hydrogens (tertiary/aromatic N) is 2. The van der Waals surface area contributed by atoms with E-state index in [4.69, 9.17) is 0 Å². The van der Waals surface area contributed by atoms with Crippen LogP contribution in [0.25, 0.3) is 0 Å². The van der Waals surface area contributed by atoms with E-state index in [1.807, 2.05) is 6.07 Å². The Bertz CT molecular complexity index is 575. The fraction of sp³-hybridized carbons (Fsp3) is 0.667. The molecule has 3 rings (SSSR count). The number of piperazine rings is 1. The Morgan fingerprint density at radius 2 is 1.92 bits per heavy atom. The zero-order valence-corrected chi connectivity index (χ0v) is 14.3. The molecule has 24 heavy (non-hydrogen) atoms. The molecule has 1 aromatic carbocycles. The van der Waals surface area contributed by atoms with Gasteiger partial charge in [-0.1, -0.05) is 31.4 Å². The summed E-state index contributed by atoms with van der Waals surface area (Å²) in [6, 6.07) is 3.76. The third-order valence-electron chi connectivity index (χ3n) is 5.53. The number of phenols is 1. The van der Waals surface area contributed by atoms with Gasteiger partial charge < -0.3 is 10.4 Å². The van der Waals surface area contributed by atoms with Gasteiger partial charge in [0.1, 0.15) is 0 Å². The molecular weight excluding hydrogens is 306 g/mol. The average Bonchev–Trinajstić information content (AvgIpc) is 2.59. The topological polar surface area (TPSA) is 78.6 Å². The number of hydrogen-bond donors (Lipinski definition) is 2. The molecule has 0 radical (unpaired) electrons. The van der Waals surface area contributed by atoms with E-state index >= 15 is 0 Å². The van der Waals surface area contributed by atoms with Crippen molar-refractivity contribution in [1.82, 2.24) is 10.2 Å². The van der Waals surface area contributed by atoms with Crippen LogP contribution in [0.1, 0.15) is 49.3 Å². The molecule has 1 saturated carbocycles. The van der Waals surface area contributed by atoms with Crippen molar-refractivity contribution >= 4 is 5.69 Å². The molecule has 0 spiro atoms. The van der Waals surface area contributed by atoms with Crippen molar-refractivity contribution < 1.29 is 10.0 Å². The van der Waals surface area contributed by atoms with Gasteiger partial charge in [-0.15, -0.1) is 0 Å². The maximum absolute atomic E-state index is 11.4. The van der Waals surface area contributed by atoms with Crippen LogP contribution in [0.3, 0.4) is 0 Å². The summed E-state index contributed by atoms with van der Waals surface area (Å²) in [7, 11) is 0. The van der Waals surface area contributed by atoms with E-state index in [1.165, 1.54) is 19.3 Å². The molecule has 6 nitrogen and oxygen atoms in total. The van der Waals surface area contributed by atoms with Crippen molar-refractivity contribution in [3.8, 4) is 5.75 Å². The Hall–Kier alpha value is -1.66. The van der Waals surface area contributed by atoms with Crippen molar-refractivity contribution in [3.63, 3.8) is 0 Å². The van der Waals surface area contributed by atoms with Gasteiger partial charge in [-0.3, -0.25) is 15.0 Å². The Kier molecular flexibility index (Phi) is 5.36. The highest BCUT2D eigenvalue weighted by atomic mass is 16.6. The van der Waals surface area contributed by atoms with E-state index < -0.39 is 4.92 Å². The van der Waals surface area contributed by atoms with Crippen LogP contribution in [0.15, 0.2) is 12.1 Å². The molecule has 2 aliphatic rings. The lowest BCUT2D eigenvalue weighted by Gasteiger charge is -2.41. The molecule has 2 fully saturated rings. The van der Waals surface area contributed by atoms with E-state index in [9.17, 15) is 15.2 Å². The zero-order valence-electron chi connectivity index (χ0n) is 14.3. The predicted octanol–water partition coefficient (Wildman–Crippen LogP) is 3.14. The van der Waals surface area contributed by atoms with Gasteiger partial charge in [-0.05, 0) is 25.7 Å². The zero-order chi connectivity index (χ0) is 17.1. The van der Waals surface area contributed by atoms with Crippen LogP contribution in [0.4, 0.5) is 5.69 Å². The van der Waals surface area contributed by atoms with Gasteiger partial charge in [0.05, 0.1) is 4.92 Å². The standard InChI is InChI=1S/C18H27N3O3/c1-13-7-8-15(18(22)16(13)21(23)24)17(14-5-3-2-4-6-14)20-11-9-19-10-12-20/h7-8,14,17,19,22H,2-6,9-12H2,1H3/t17-/m1/s1. The molecule has 1 aliphatic carbocycles. The summed E-state index contributed by atoms with van der Waals surface area (Å²) in [6.45, 7) is 5.38. The second kappa shape index (κ2) is 7.49. The first kappa shape index (κ1) is 17.2. The van der Waals surface area contributed by atoms with Crippen molar-refractivity contribution in [2.24, 2.45) is 5.92 Å². The summed E-state index contributed by atoms with van der Waals surface area (Å²) in [5.74, 6) is 0.333. The third-order valence-corrected chi connectivity index (χ3v) is 5.53. The number of nitro groups is 1. The number of benzene rings is 1. The Balaban J connectivity index is 2.01. The van der Waals surface area contributed by atoms with Crippen LogP contribution in [-0.4, -0.2) is 41.1 Å². The lowest BCUT2D eigenvalue weighted by Crippen LogP contribution is -2.47. The molecule has 1 heterocycles. The Labute approximate surface area is 143 Å². The summed E-state index contributed by atoms with van der Waals surface area (Å²) >= 11 is 0. The summed E-state index contributed by atoms with van der Waals surface area (Å²) in [5, 5.41) is 25.4. The number of hydrogen-bond acceptors (Lipinski definition) is 5. The van der Waals surface area contributed by atoms with Gasteiger partial charge in [0.15, 0.2) is 5.75 Å². The maximum Gasteiger partial charge on any atom is 0.313 e. The van der Waals surface area contributed by atoms with E-state index in [0.29, 0.717) is 11.5 Å². The van der Waals surface area contributed by atoms with E-state index in [-0.39, 0.29) is 17.5 Å². The fourth-order valence-electron chi connectivity index (χ4n) is 4.32. The lowest BCUT2D eigenvalue weighted by molar-refractivity contribution is -0.386. The van der Waals surface area contributed by atoms with Crippen LogP contribution in [0, 0.1) is 23.0 Å². The molecule has 0 amide bonds. The molecule has 1 aromatic rings. The number of rotatable bonds is 4. The van der Waals surface area contributed by atoms with Crippen molar-refractivity contribution in [2.45, 2.75) is 45.1 Å². The summed E-state index contributed by atoms with van der Waals surface area (Å²) in [5.41, 5.74) is 1.12. The second-order valence-corrected chi connectivity index (χ2v) is 7.05. The largest absolute Gasteiger partial charge is 0.502 e. The molecule has 0 bridgehead atoms. The molecule has 1 aliphatic heterocycles. The highest BCUT2D eigenvalue weighted by Gasteiger charge is 2.35. The second-order valence-electron chi connectivity index (χ2n) is 7.05. The van der Waals surface area contributed by atoms with Crippen LogP contribution in [0.5, 0.6) is 5.75 Å². The van der Waals surface area contributed by atoms with E-state index in [0.717, 1.165) is 44.6 Å². The average molecular weight is 333 g/mol. The monoisotopic (exact) mass is 333 g/mol. The van der Waals surface area contributed by atoms with Gasteiger partial charge in [0.2, 0.25) is 0 Å². The molecule has 2 N–H and O–H groups in total. The Morgan fingerprint density at radius 1 is 1.25 bits per heavy atom. The van der Waals surface area contributed by atoms with Crippen molar-refractivity contribution in [3.05, 3.63) is 33.4 Å². The van der Waals surface area contributed by atoms with Gasteiger partial charge in [-0.2, -0.15) is 0 Å². The smallest absolute Gasteiger partial charge is 0.313 e. The normalized spacial score (nSPS) is 21.5. The predicted molar refractivity (Wildman–Crippen MR) is 93.3 cm³/mol. The van der Waals surface area contributed by atoms with E-state index in [2.05, 4.69) is 10.2 Å². The summed E-state index contributed by atoms with van der Waals surface area (Å²) in [4.78, 5) is 13.3. The van der Waals surface area contributed by atoms with Crippen molar-refractivity contribution in [1.29, 1.82) is 0 Å². The SMILES string of the molecule is Cc1ccc([C@@H](C2CCCCC2)N2CCNCC2)c(O)c1[N+](=O)[O-]. The van der Waals surface area contributed by atoms with Gasteiger partial charge >= 0.3 is 5.69 Å². The van der Waals surface area contributed by atoms with Crippen LogP contribution in [-0.2, 0) is 0 Å². The molecular formula is C18H27N3O3. The van der Waals surface area contributed by atoms with Gasteiger partial charge in [0, 0.05) is 43.3 Å². The number of aromatic hydroxyl groups is 1. The number of aryl methyl sites for hydroxylation is 1. The van der Waals surface area contributed by atoms with Crippen LogP contribution < -0.4 is 5.32 Å². The lowest BCUT2D eigenvalue weighted by atomic mass is 9.79. The highest BCUT2D eigenvalue weighted by molar-refractivity contribution is 5.57. The van der Waals surface area contributed by atoms with Gasteiger partial charge in [0.25, 0.3) is 0 Å². The summed E-state index contributed by atoms with van der Waals surface area (Å²) in [6.07, 6.45) is 5.96. The minimum Gasteiger partial charge on any atom is -0.502 e. The molecule has 1 saturated heterocycles. The van der Waals surface area contributed by atoms with Gasteiger partial charge in [-0.25, -0.2) is 0 Å². The molecule has 1 atom stereocenters. The van der Waals surface area contributed by atoms with Crippen LogP contribution >= 0.6 is 0 Å². The molecule has 6 heteroatoms. The molecule has 132 valence electrons. The highest BCUT2D eigenvalue weighted by Crippen LogP contribution is 2.45. The number of nitrogens with one attached hydrogen (secondary N) is 1. The number of nitro benzene ring substituents is 1. The van der Waals surface area contributed by atoms with Crippen molar-refractivity contribution in [2.75, 3.05) is 26.2 Å². The van der Waals surface area contributed by atoms with E-state index in [1.54, 1.807) is 13.0 Å². The first-order chi connectivity index (χ1) is 11.6. The summed E-state index contributed by atoms with van der Waals surface area (Å²) < 4.78 is 0. The third kappa shape index (κ3) is 3.39. The molecule has 0 aromatic heterocycles. The minimum atomic E-state index is -0.455. The number of phenolic OH excluding ortho intramolecular Hbond substituents is 1. The maximum atomic E-state index is 11.4.